The average molecular weight is 193 g/mol. The SMILES string of the molecule is [O-][n+]1ccc(OCC(F)(F)F)cc1. The van der Waals surface area contributed by atoms with Gasteiger partial charge in [-0.1, -0.05) is 0 Å². The van der Waals surface area contributed by atoms with E-state index in [1.165, 1.54) is 12.1 Å². The molecule has 0 saturated carbocycles. The van der Waals surface area contributed by atoms with Gasteiger partial charge in [-0.2, -0.15) is 17.9 Å². The van der Waals surface area contributed by atoms with E-state index in [1.54, 1.807) is 0 Å². The molecule has 0 bridgehead atoms. The molecule has 0 spiro atoms. The van der Waals surface area contributed by atoms with Crippen LogP contribution in [0.5, 0.6) is 5.75 Å². The Morgan fingerprint density at radius 3 is 2.31 bits per heavy atom. The smallest absolute Gasteiger partial charge is 0.422 e. The van der Waals surface area contributed by atoms with Crippen molar-refractivity contribution in [3.63, 3.8) is 0 Å². The van der Waals surface area contributed by atoms with Crippen LogP contribution >= 0.6 is 0 Å². The maximum Gasteiger partial charge on any atom is 0.422 e. The minimum absolute atomic E-state index is 0.0180. The molecule has 0 radical (unpaired) electrons. The summed E-state index contributed by atoms with van der Waals surface area (Å²) in [5.74, 6) is 0.0180. The Balaban J connectivity index is 2.51. The highest BCUT2D eigenvalue weighted by atomic mass is 19.4. The number of halogens is 3. The summed E-state index contributed by atoms with van der Waals surface area (Å²) in [4.78, 5) is 0. The van der Waals surface area contributed by atoms with E-state index in [0.717, 1.165) is 12.4 Å². The fourth-order valence-corrected chi connectivity index (χ4v) is 0.660. The van der Waals surface area contributed by atoms with E-state index in [0.29, 0.717) is 4.73 Å². The Morgan fingerprint density at radius 2 is 1.85 bits per heavy atom. The van der Waals surface area contributed by atoms with Crippen LogP contribution in [0.3, 0.4) is 0 Å². The average Bonchev–Trinajstić information content (AvgIpc) is 2.02. The van der Waals surface area contributed by atoms with Crippen molar-refractivity contribution < 1.29 is 22.6 Å². The molecule has 0 fully saturated rings. The third-order valence-electron chi connectivity index (χ3n) is 1.17. The molecule has 0 aliphatic carbocycles. The number of aromatic nitrogens is 1. The van der Waals surface area contributed by atoms with Gasteiger partial charge in [0.15, 0.2) is 19.0 Å². The van der Waals surface area contributed by atoms with Gasteiger partial charge in [0.1, 0.15) is 5.75 Å². The zero-order valence-corrected chi connectivity index (χ0v) is 6.41. The van der Waals surface area contributed by atoms with E-state index in [2.05, 4.69) is 4.74 Å². The van der Waals surface area contributed by atoms with Gasteiger partial charge < -0.3 is 9.94 Å². The van der Waals surface area contributed by atoms with E-state index < -0.39 is 12.8 Å². The summed E-state index contributed by atoms with van der Waals surface area (Å²) in [5, 5.41) is 10.5. The Labute approximate surface area is 71.9 Å². The van der Waals surface area contributed by atoms with Gasteiger partial charge in [0.25, 0.3) is 0 Å². The highest BCUT2D eigenvalue weighted by Gasteiger charge is 2.28. The molecule has 0 aliphatic heterocycles. The van der Waals surface area contributed by atoms with Gasteiger partial charge >= 0.3 is 6.18 Å². The number of hydrogen-bond acceptors (Lipinski definition) is 2. The second kappa shape index (κ2) is 3.51. The van der Waals surface area contributed by atoms with Crippen molar-refractivity contribution in [2.24, 2.45) is 0 Å². The van der Waals surface area contributed by atoms with Crippen molar-refractivity contribution in [3.05, 3.63) is 29.7 Å². The Morgan fingerprint density at radius 1 is 1.31 bits per heavy atom. The van der Waals surface area contributed by atoms with Crippen molar-refractivity contribution in [1.82, 2.24) is 0 Å². The first-order valence-corrected chi connectivity index (χ1v) is 3.36. The Kier molecular flexibility index (Phi) is 2.60. The molecule has 1 aromatic rings. The van der Waals surface area contributed by atoms with Crippen molar-refractivity contribution >= 4 is 0 Å². The quantitative estimate of drug-likeness (QED) is 0.523. The molecule has 0 aliphatic rings. The fourth-order valence-electron chi connectivity index (χ4n) is 0.660. The summed E-state index contributed by atoms with van der Waals surface area (Å²) in [7, 11) is 0. The number of rotatable bonds is 2. The van der Waals surface area contributed by atoms with Gasteiger partial charge in [-0.25, -0.2) is 0 Å². The van der Waals surface area contributed by atoms with Crippen LogP contribution in [0, 0.1) is 5.21 Å². The molecule has 0 saturated heterocycles. The number of pyridine rings is 1. The second-order valence-corrected chi connectivity index (χ2v) is 2.30. The van der Waals surface area contributed by atoms with Crippen LogP contribution in [-0.4, -0.2) is 12.8 Å². The van der Waals surface area contributed by atoms with E-state index in [-0.39, 0.29) is 5.75 Å². The van der Waals surface area contributed by atoms with Gasteiger partial charge in [-0.05, 0) is 0 Å². The minimum Gasteiger partial charge on any atom is -0.619 e. The molecule has 0 atom stereocenters. The van der Waals surface area contributed by atoms with Gasteiger partial charge in [0, 0.05) is 12.1 Å². The molecule has 0 aromatic carbocycles. The minimum atomic E-state index is -4.36. The number of hydrogen-bond donors (Lipinski definition) is 0. The lowest BCUT2D eigenvalue weighted by Gasteiger charge is -2.07. The number of nitrogens with zero attached hydrogens (tertiary/aromatic N) is 1. The van der Waals surface area contributed by atoms with Gasteiger partial charge in [-0.15, -0.1) is 0 Å². The van der Waals surface area contributed by atoms with E-state index in [9.17, 15) is 18.4 Å². The van der Waals surface area contributed by atoms with E-state index in [4.69, 9.17) is 0 Å². The zero-order valence-electron chi connectivity index (χ0n) is 6.41. The highest BCUT2D eigenvalue weighted by Crippen LogP contribution is 2.16. The van der Waals surface area contributed by atoms with Crippen LogP contribution < -0.4 is 9.47 Å². The lowest BCUT2D eigenvalue weighted by molar-refractivity contribution is -0.605. The summed E-state index contributed by atoms with van der Waals surface area (Å²) in [6.45, 7) is -1.35. The molecular formula is C7H6F3NO2. The fraction of sp³-hybridized carbons (Fsp3) is 0.286. The molecule has 0 N–H and O–H groups in total. The van der Waals surface area contributed by atoms with Crippen LogP contribution in [0.4, 0.5) is 13.2 Å². The van der Waals surface area contributed by atoms with Crippen LogP contribution in [0.2, 0.25) is 0 Å². The largest absolute Gasteiger partial charge is 0.619 e. The van der Waals surface area contributed by atoms with Crippen molar-refractivity contribution in [2.45, 2.75) is 6.18 Å². The summed E-state index contributed by atoms with van der Waals surface area (Å²) in [5.41, 5.74) is 0. The monoisotopic (exact) mass is 193 g/mol. The maximum absolute atomic E-state index is 11.6. The zero-order chi connectivity index (χ0) is 9.90. The van der Waals surface area contributed by atoms with E-state index >= 15 is 0 Å². The van der Waals surface area contributed by atoms with Crippen molar-refractivity contribution in [3.8, 4) is 5.75 Å². The van der Waals surface area contributed by atoms with Gasteiger partial charge in [0.05, 0.1) is 0 Å². The molecule has 6 heteroatoms. The summed E-state index contributed by atoms with van der Waals surface area (Å²) < 4.78 is 39.7. The topological polar surface area (TPSA) is 36.2 Å². The molecule has 72 valence electrons. The highest BCUT2D eigenvalue weighted by molar-refractivity contribution is 5.14. The van der Waals surface area contributed by atoms with Crippen molar-refractivity contribution in [1.29, 1.82) is 0 Å². The first-order chi connectivity index (χ1) is 5.97. The molecule has 1 aromatic heterocycles. The molecular weight excluding hydrogens is 187 g/mol. The first-order valence-electron chi connectivity index (χ1n) is 3.36. The lowest BCUT2D eigenvalue weighted by atomic mass is 10.4. The van der Waals surface area contributed by atoms with Crippen LogP contribution in [0.25, 0.3) is 0 Å². The van der Waals surface area contributed by atoms with Crippen LogP contribution in [0.1, 0.15) is 0 Å². The van der Waals surface area contributed by atoms with Gasteiger partial charge in [-0.3, -0.25) is 0 Å². The normalized spacial score (nSPS) is 11.3. The third-order valence-corrected chi connectivity index (χ3v) is 1.17. The summed E-state index contributed by atoms with van der Waals surface area (Å²) in [6.07, 6.45) is -2.24. The first kappa shape index (κ1) is 9.63. The summed E-state index contributed by atoms with van der Waals surface area (Å²) >= 11 is 0. The Bertz CT molecular complexity index is 270. The molecule has 1 heterocycles. The van der Waals surface area contributed by atoms with E-state index in [1.807, 2.05) is 0 Å². The standard InChI is InChI=1S/C7H6F3NO2/c8-7(9,10)5-13-6-1-3-11(12)4-2-6/h1-4H,5H2. The predicted octanol–water partition coefficient (Wildman–Crippen LogP) is 1.26. The Hall–Kier alpha value is -1.46. The van der Waals surface area contributed by atoms with Gasteiger partial charge in [0.2, 0.25) is 0 Å². The molecule has 3 nitrogen and oxygen atoms in total. The predicted molar refractivity (Wildman–Crippen MR) is 37.0 cm³/mol. The maximum atomic E-state index is 11.6. The lowest BCUT2D eigenvalue weighted by Crippen LogP contribution is -2.24. The van der Waals surface area contributed by atoms with Crippen molar-refractivity contribution in [2.75, 3.05) is 6.61 Å². The second-order valence-electron chi connectivity index (χ2n) is 2.30. The van der Waals surface area contributed by atoms with Crippen LogP contribution in [0.15, 0.2) is 24.5 Å². The third kappa shape index (κ3) is 3.64. The molecule has 0 unspecified atom stereocenters. The number of ether oxygens (including phenoxy) is 1. The summed E-state index contributed by atoms with van der Waals surface area (Å²) in [6, 6.07) is 2.33. The molecule has 13 heavy (non-hydrogen) atoms. The number of alkyl halides is 3. The van der Waals surface area contributed by atoms with Crippen LogP contribution in [-0.2, 0) is 0 Å². The molecule has 1 rings (SSSR count). The molecule has 0 amide bonds.